The van der Waals surface area contributed by atoms with Gasteiger partial charge in [-0.2, -0.15) is 0 Å². The van der Waals surface area contributed by atoms with E-state index in [1.54, 1.807) is 0 Å². The quantitative estimate of drug-likeness (QED) is 0.0221. The number of likely N-dealkylation sites (N-methyl/N-ethyl adjacent to an activating group) is 1. The highest BCUT2D eigenvalue weighted by Gasteiger charge is 2.26. The molecule has 0 aromatic heterocycles. The summed E-state index contributed by atoms with van der Waals surface area (Å²) in [4.78, 5) is 22.8. The van der Waals surface area contributed by atoms with E-state index in [2.05, 4.69) is 62.5 Å². The maximum atomic E-state index is 12.7. The molecule has 2 unspecified atom stereocenters. The predicted octanol–water partition coefficient (Wildman–Crippen LogP) is 12.0. The van der Waals surface area contributed by atoms with Crippen LogP contribution in [0.25, 0.3) is 0 Å². The molecular formula is C43H81NO7P+. The Balaban J connectivity index is 4.31. The molecule has 0 amide bonds. The molecule has 9 heteroatoms. The third-order valence-electron chi connectivity index (χ3n) is 8.59. The summed E-state index contributed by atoms with van der Waals surface area (Å²) in [6, 6.07) is 0. The zero-order valence-electron chi connectivity index (χ0n) is 34.3. The van der Waals surface area contributed by atoms with Crippen LogP contribution in [0.2, 0.25) is 0 Å². The number of hydrogen-bond acceptors (Lipinski definition) is 6. The second kappa shape index (κ2) is 36.4. The highest BCUT2D eigenvalue weighted by molar-refractivity contribution is 7.47. The number of phosphoric ester groups is 1. The van der Waals surface area contributed by atoms with Gasteiger partial charge in [0.1, 0.15) is 19.3 Å². The smallest absolute Gasteiger partial charge is 0.457 e. The Kier molecular flexibility index (Phi) is 35.4. The predicted molar refractivity (Wildman–Crippen MR) is 219 cm³/mol. The van der Waals surface area contributed by atoms with Gasteiger partial charge in [-0.1, -0.05) is 133 Å². The van der Waals surface area contributed by atoms with Crippen LogP contribution in [-0.2, 0) is 27.9 Å². The van der Waals surface area contributed by atoms with Gasteiger partial charge in [0.2, 0.25) is 0 Å². The van der Waals surface area contributed by atoms with Gasteiger partial charge >= 0.3 is 13.8 Å². The number of ether oxygens (including phenoxy) is 2. The van der Waals surface area contributed by atoms with E-state index in [-0.39, 0.29) is 25.8 Å². The molecule has 1 N–H and O–H groups in total. The van der Waals surface area contributed by atoms with E-state index in [0.29, 0.717) is 24.1 Å². The molecule has 0 aliphatic carbocycles. The first-order valence-corrected chi connectivity index (χ1v) is 22.4. The van der Waals surface area contributed by atoms with Crippen molar-refractivity contribution in [1.29, 1.82) is 0 Å². The Bertz CT molecular complexity index is 973. The van der Waals surface area contributed by atoms with Crippen LogP contribution in [0.5, 0.6) is 0 Å². The second-order valence-corrected chi connectivity index (χ2v) is 16.5. The van der Waals surface area contributed by atoms with Gasteiger partial charge in [-0.15, -0.1) is 0 Å². The van der Waals surface area contributed by atoms with Crippen molar-refractivity contribution in [2.24, 2.45) is 0 Å². The van der Waals surface area contributed by atoms with E-state index in [4.69, 9.17) is 18.5 Å². The van der Waals surface area contributed by atoms with Gasteiger partial charge in [0.25, 0.3) is 0 Å². The summed E-state index contributed by atoms with van der Waals surface area (Å²) in [7, 11) is 1.64. The molecule has 0 heterocycles. The molecule has 2 atom stereocenters. The van der Waals surface area contributed by atoms with Gasteiger partial charge < -0.3 is 18.9 Å². The first-order chi connectivity index (χ1) is 25.1. The molecule has 0 aliphatic rings. The third-order valence-corrected chi connectivity index (χ3v) is 9.58. The first kappa shape index (κ1) is 50.5. The molecule has 0 aliphatic heterocycles. The Labute approximate surface area is 320 Å². The maximum absolute atomic E-state index is 12.7. The van der Waals surface area contributed by atoms with Crippen LogP contribution < -0.4 is 0 Å². The second-order valence-electron chi connectivity index (χ2n) is 15.0. The van der Waals surface area contributed by atoms with Crippen LogP contribution >= 0.6 is 7.82 Å². The number of nitrogens with zero attached hydrogens (tertiary/aromatic N) is 1. The number of allylic oxidation sites excluding steroid dienone is 8. The fraction of sp³-hybridized carbons (Fsp3) is 0.791. The standard InChI is InChI=1S/C43H80NO7P/c1-6-8-10-12-14-16-18-20-22-23-24-26-28-30-32-34-36-43(45)51-42(41-50-52(46,47)49-39-37-44(3,4)5)40-48-38-35-33-31-29-27-25-21-19-17-15-13-11-9-7-2/h11,13,16-19,22-23,42H,6-10,12,14-15,20-21,24-41H2,1-5H3/p+1/b13-11-,18-16-,19-17-,23-22-. The highest BCUT2D eigenvalue weighted by Crippen LogP contribution is 2.43. The topological polar surface area (TPSA) is 91.3 Å². The van der Waals surface area contributed by atoms with E-state index in [1.807, 2.05) is 21.1 Å². The molecule has 0 fully saturated rings. The average molecular weight is 755 g/mol. The number of hydrogen-bond donors (Lipinski definition) is 1. The molecule has 0 spiro atoms. The number of quaternary nitrogens is 1. The van der Waals surface area contributed by atoms with Crippen LogP contribution in [0.1, 0.15) is 162 Å². The van der Waals surface area contributed by atoms with Crippen LogP contribution in [0.4, 0.5) is 0 Å². The van der Waals surface area contributed by atoms with E-state index >= 15 is 0 Å². The van der Waals surface area contributed by atoms with Gasteiger partial charge in [0.15, 0.2) is 0 Å². The molecule has 8 nitrogen and oxygen atoms in total. The van der Waals surface area contributed by atoms with Crippen molar-refractivity contribution in [2.75, 3.05) is 54.1 Å². The lowest BCUT2D eigenvalue weighted by molar-refractivity contribution is -0.870. The number of carbonyl (C=O) groups is 1. The van der Waals surface area contributed by atoms with Gasteiger partial charge in [-0.3, -0.25) is 13.8 Å². The minimum Gasteiger partial charge on any atom is -0.457 e. The van der Waals surface area contributed by atoms with Crippen LogP contribution in [0.3, 0.4) is 0 Å². The lowest BCUT2D eigenvalue weighted by Gasteiger charge is -2.24. The maximum Gasteiger partial charge on any atom is 0.472 e. The summed E-state index contributed by atoms with van der Waals surface area (Å²) in [6.07, 6.45) is 42.8. The summed E-state index contributed by atoms with van der Waals surface area (Å²) in [5, 5.41) is 0. The molecular weight excluding hydrogens is 673 g/mol. The Morgan fingerprint density at radius 1 is 0.596 bits per heavy atom. The first-order valence-electron chi connectivity index (χ1n) is 20.9. The Morgan fingerprint density at radius 3 is 1.63 bits per heavy atom. The zero-order chi connectivity index (χ0) is 38.4. The molecule has 0 saturated heterocycles. The summed E-state index contributed by atoms with van der Waals surface area (Å²) < 4.78 is 34.9. The minimum atomic E-state index is -4.28. The molecule has 0 aromatic carbocycles. The van der Waals surface area contributed by atoms with E-state index < -0.39 is 13.9 Å². The fourth-order valence-corrected chi connectivity index (χ4v) is 6.07. The molecule has 52 heavy (non-hydrogen) atoms. The summed E-state index contributed by atoms with van der Waals surface area (Å²) >= 11 is 0. The van der Waals surface area contributed by atoms with Crippen LogP contribution in [-0.4, -0.2) is 75.6 Å². The van der Waals surface area contributed by atoms with E-state index in [0.717, 1.165) is 70.6 Å². The molecule has 0 aromatic rings. The van der Waals surface area contributed by atoms with Gasteiger partial charge in [0.05, 0.1) is 34.4 Å². The van der Waals surface area contributed by atoms with Crippen molar-refractivity contribution in [1.82, 2.24) is 0 Å². The number of rotatable bonds is 38. The number of carbonyl (C=O) groups excluding carboxylic acids is 1. The summed E-state index contributed by atoms with van der Waals surface area (Å²) in [5.41, 5.74) is 0. The minimum absolute atomic E-state index is 0.0819. The van der Waals surface area contributed by atoms with Crippen molar-refractivity contribution >= 4 is 13.8 Å². The largest absolute Gasteiger partial charge is 0.472 e. The zero-order valence-corrected chi connectivity index (χ0v) is 35.2. The molecule has 304 valence electrons. The number of phosphoric acid groups is 1. The molecule has 0 saturated carbocycles. The normalized spacial score (nSPS) is 14.3. The molecule has 0 bridgehead atoms. The Hall–Kier alpha value is -1.54. The van der Waals surface area contributed by atoms with Gasteiger partial charge in [-0.25, -0.2) is 4.57 Å². The Morgan fingerprint density at radius 2 is 1.10 bits per heavy atom. The van der Waals surface area contributed by atoms with Crippen molar-refractivity contribution in [3.63, 3.8) is 0 Å². The fourth-order valence-electron chi connectivity index (χ4n) is 5.32. The highest BCUT2D eigenvalue weighted by atomic mass is 31.2. The van der Waals surface area contributed by atoms with Crippen molar-refractivity contribution in [3.8, 4) is 0 Å². The number of esters is 1. The van der Waals surface area contributed by atoms with Gasteiger partial charge in [0, 0.05) is 13.0 Å². The van der Waals surface area contributed by atoms with E-state index in [1.165, 1.54) is 70.6 Å². The van der Waals surface area contributed by atoms with Crippen molar-refractivity contribution in [2.45, 2.75) is 168 Å². The van der Waals surface area contributed by atoms with E-state index in [9.17, 15) is 14.3 Å². The molecule has 0 radical (unpaired) electrons. The monoisotopic (exact) mass is 755 g/mol. The SMILES string of the molecule is CCC/C=C\C/C=C\CCCCCCCCOCC(COP(=O)(O)OCC[N+](C)(C)C)OC(=O)CCCCCCC/C=C\C/C=C\CCCCCC. The van der Waals surface area contributed by atoms with Gasteiger partial charge in [-0.05, 0) is 70.6 Å². The average Bonchev–Trinajstić information content (AvgIpc) is 3.09. The summed E-state index contributed by atoms with van der Waals surface area (Å²) in [5.74, 6) is -0.333. The van der Waals surface area contributed by atoms with Crippen LogP contribution in [0, 0.1) is 0 Å². The summed E-state index contributed by atoms with van der Waals surface area (Å²) in [6.45, 7) is 5.49. The lowest BCUT2D eigenvalue weighted by atomic mass is 10.1. The van der Waals surface area contributed by atoms with Crippen LogP contribution in [0.15, 0.2) is 48.6 Å². The number of unbranched alkanes of at least 4 members (excludes halogenated alkanes) is 16. The van der Waals surface area contributed by atoms with Crippen molar-refractivity contribution in [3.05, 3.63) is 48.6 Å². The third kappa shape index (κ3) is 39.7. The van der Waals surface area contributed by atoms with Crippen molar-refractivity contribution < 1.29 is 37.3 Å². The molecule has 0 rings (SSSR count). The lowest BCUT2D eigenvalue weighted by Crippen LogP contribution is -2.37.